The minimum absolute atomic E-state index is 0.193. The van der Waals surface area contributed by atoms with Crippen LogP contribution in [0.2, 0.25) is 0 Å². The normalized spacial score (nSPS) is 19.0. The molecule has 2 aromatic carbocycles. The maximum atomic E-state index is 10.2. The molecule has 1 fully saturated rings. The topological polar surface area (TPSA) is 67.4 Å². The Morgan fingerprint density at radius 2 is 1.54 bits per heavy atom. The number of methoxy groups -OCH3 is 2. The maximum absolute atomic E-state index is 10.2. The predicted molar refractivity (Wildman–Crippen MR) is 112 cm³/mol. The van der Waals surface area contributed by atoms with Gasteiger partial charge in [-0.3, -0.25) is 0 Å². The zero-order valence-electron chi connectivity index (χ0n) is 16.0. The van der Waals surface area contributed by atoms with Gasteiger partial charge in [0, 0.05) is 16.4 Å². The third kappa shape index (κ3) is 3.88. The van der Waals surface area contributed by atoms with E-state index in [0.29, 0.717) is 0 Å². The van der Waals surface area contributed by atoms with Crippen molar-refractivity contribution in [2.75, 3.05) is 14.2 Å². The molecule has 0 radical (unpaired) electrons. The minimum atomic E-state index is -0.260. The van der Waals surface area contributed by atoms with Crippen LogP contribution in [0, 0.1) is 0 Å². The number of nitrogens with zero attached hydrogens (tertiary/aromatic N) is 1. The summed E-state index contributed by atoms with van der Waals surface area (Å²) in [5.41, 5.74) is 3.91. The monoisotopic (exact) mass is 396 g/mol. The number of hydrogen-bond donors (Lipinski definition) is 2. The van der Waals surface area contributed by atoms with Gasteiger partial charge in [-0.2, -0.15) is 0 Å². The minimum Gasteiger partial charge on any atom is -0.497 e. The fraction of sp³-hybridized carbons (Fsp3) is 0.318. The van der Waals surface area contributed by atoms with Gasteiger partial charge in [0.25, 0.3) is 0 Å². The van der Waals surface area contributed by atoms with Crippen LogP contribution in [-0.2, 0) is 0 Å². The number of H-pyrrole nitrogens is 1. The van der Waals surface area contributed by atoms with Crippen LogP contribution < -0.4 is 9.47 Å². The lowest BCUT2D eigenvalue weighted by Gasteiger charge is -2.11. The lowest BCUT2D eigenvalue weighted by Crippen LogP contribution is -2.15. The van der Waals surface area contributed by atoms with Gasteiger partial charge >= 0.3 is 0 Å². The molecule has 2 unspecified atom stereocenters. The number of aliphatic hydroxyl groups excluding tert-OH is 1. The van der Waals surface area contributed by atoms with Crippen LogP contribution >= 0.6 is 11.8 Å². The Hall–Kier alpha value is -2.44. The molecule has 2 N–H and O–H groups in total. The maximum Gasteiger partial charge on any atom is 0.166 e. The highest BCUT2D eigenvalue weighted by Gasteiger charge is 2.28. The van der Waals surface area contributed by atoms with Crippen molar-refractivity contribution < 1.29 is 14.6 Å². The summed E-state index contributed by atoms with van der Waals surface area (Å²) in [6.45, 7) is 0. The summed E-state index contributed by atoms with van der Waals surface area (Å²) in [4.78, 5) is 8.36. The fourth-order valence-electron chi connectivity index (χ4n) is 3.52. The van der Waals surface area contributed by atoms with Gasteiger partial charge in [0.2, 0.25) is 0 Å². The predicted octanol–water partition coefficient (Wildman–Crippen LogP) is 4.77. The number of thioether (sulfide) groups is 1. The molecule has 28 heavy (non-hydrogen) atoms. The summed E-state index contributed by atoms with van der Waals surface area (Å²) in [7, 11) is 3.32. The van der Waals surface area contributed by atoms with Crippen molar-refractivity contribution in [3.8, 4) is 34.0 Å². The van der Waals surface area contributed by atoms with Crippen molar-refractivity contribution in [1.29, 1.82) is 0 Å². The number of rotatable bonds is 6. The molecule has 1 aliphatic carbocycles. The second-order valence-corrected chi connectivity index (χ2v) is 8.11. The second-order valence-electron chi connectivity index (χ2n) is 6.88. The first-order valence-corrected chi connectivity index (χ1v) is 10.3. The molecule has 1 saturated carbocycles. The van der Waals surface area contributed by atoms with E-state index in [-0.39, 0.29) is 11.4 Å². The zero-order chi connectivity index (χ0) is 19.5. The first kappa shape index (κ1) is 18.9. The van der Waals surface area contributed by atoms with Crippen LogP contribution in [-0.4, -0.2) is 40.6 Å². The summed E-state index contributed by atoms with van der Waals surface area (Å²) in [6.07, 6.45) is 2.69. The van der Waals surface area contributed by atoms with E-state index in [1.807, 2.05) is 48.5 Å². The number of hydrogen-bond acceptors (Lipinski definition) is 5. The smallest absolute Gasteiger partial charge is 0.166 e. The van der Waals surface area contributed by atoms with Crippen LogP contribution in [0.25, 0.3) is 22.5 Å². The van der Waals surface area contributed by atoms with Gasteiger partial charge in [0.15, 0.2) is 5.16 Å². The molecule has 1 heterocycles. The molecule has 0 spiro atoms. The Kier molecular flexibility index (Phi) is 5.59. The van der Waals surface area contributed by atoms with Crippen LogP contribution in [0.15, 0.2) is 53.7 Å². The number of aromatic amines is 1. The number of aromatic nitrogens is 2. The summed E-state index contributed by atoms with van der Waals surface area (Å²) in [5, 5.41) is 11.2. The first-order chi connectivity index (χ1) is 13.7. The molecule has 0 bridgehead atoms. The van der Waals surface area contributed by atoms with Crippen LogP contribution in [0.5, 0.6) is 11.5 Å². The van der Waals surface area contributed by atoms with Gasteiger partial charge in [-0.25, -0.2) is 4.98 Å². The van der Waals surface area contributed by atoms with Gasteiger partial charge in [0.1, 0.15) is 11.5 Å². The SMILES string of the molecule is COc1ccc(-c2nc(SC3CCCC3O)[nH]c2-c2ccc(OC)cc2)cc1. The summed E-state index contributed by atoms with van der Waals surface area (Å²) in [5.74, 6) is 1.63. The van der Waals surface area contributed by atoms with Crippen molar-refractivity contribution in [2.24, 2.45) is 0 Å². The van der Waals surface area contributed by atoms with Crippen LogP contribution in [0.4, 0.5) is 0 Å². The second kappa shape index (κ2) is 8.29. The van der Waals surface area contributed by atoms with Crippen molar-refractivity contribution >= 4 is 11.8 Å². The molecular formula is C22H24N2O3S. The Labute approximate surface area is 169 Å². The highest BCUT2D eigenvalue weighted by atomic mass is 32.2. The highest BCUT2D eigenvalue weighted by Crippen LogP contribution is 2.38. The van der Waals surface area contributed by atoms with Gasteiger partial charge in [-0.1, -0.05) is 11.8 Å². The van der Waals surface area contributed by atoms with E-state index < -0.39 is 0 Å². The molecule has 0 amide bonds. The molecule has 6 heteroatoms. The summed E-state index contributed by atoms with van der Waals surface area (Å²) >= 11 is 1.63. The van der Waals surface area contributed by atoms with Gasteiger partial charge in [0.05, 0.1) is 31.7 Å². The molecule has 3 aromatic rings. The molecule has 1 aliphatic rings. The van der Waals surface area contributed by atoms with Crippen molar-refractivity contribution in [1.82, 2.24) is 9.97 Å². The van der Waals surface area contributed by atoms with Crippen LogP contribution in [0.3, 0.4) is 0 Å². The van der Waals surface area contributed by atoms with Gasteiger partial charge in [-0.05, 0) is 67.8 Å². The molecular weight excluding hydrogens is 372 g/mol. The highest BCUT2D eigenvalue weighted by molar-refractivity contribution is 7.99. The number of ether oxygens (including phenoxy) is 2. The molecule has 5 nitrogen and oxygen atoms in total. The van der Waals surface area contributed by atoms with Crippen molar-refractivity contribution in [3.05, 3.63) is 48.5 Å². The largest absolute Gasteiger partial charge is 0.497 e. The molecule has 4 rings (SSSR count). The third-order valence-electron chi connectivity index (χ3n) is 5.10. The number of aliphatic hydroxyl groups is 1. The van der Waals surface area contributed by atoms with Crippen molar-refractivity contribution in [2.45, 2.75) is 35.8 Å². The van der Waals surface area contributed by atoms with Gasteiger partial charge in [-0.15, -0.1) is 0 Å². The van der Waals surface area contributed by atoms with E-state index in [0.717, 1.165) is 58.4 Å². The van der Waals surface area contributed by atoms with E-state index in [1.165, 1.54) is 0 Å². The van der Waals surface area contributed by atoms with E-state index in [1.54, 1.807) is 26.0 Å². The Morgan fingerprint density at radius 1 is 0.929 bits per heavy atom. The Bertz CT molecular complexity index is 857. The third-order valence-corrected chi connectivity index (χ3v) is 6.37. The molecule has 0 saturated heterocycles. The average molecular weight is 397 g/mol. The average Bonchev–Trinajstić information content (AvgIpc) is 3.35. The Balaban J connectivity index is 1.72. The van der Waals surface area contributed by atoms with E-state index in [9.17, 15) is 5.11 Å². The standard InChI is InChI=1S/C22H24N2O3S/c1-26-16-10-6-14(7-11-16)20-21(15-8-12-17(27-2)13-9-15)24-22(23-20)28-19-5-3-4-18(19)25/h6-13,18-19,25H,3-5H2,1-2H3,(H,23,24). The van der Waals surface area contributed by atoms with Crippen LogP contribution in [0.1, 0.15) is 19.3 Å². The molecule has 0 aliphatic heterocycles. The Morgan fingerprint density at radius 3 is 2.07 bits per heavy atom. The number of nitrogens with one attached hydrogen (secondary N) is 1. The van der Waals surface area contributed by atoms with E-state index in [4.69, 9.17) is 14.5 Å². The quantitative estimate of drug-likeness (QED) is 0.628. The molecule has 1 aromatic heterocycles. The summed E-state index contributed by atoms with van der Waals surface area (Å²) < 4.78 is 10.6. The van der Waals surface area contributed by atoms with Gasteiger partial charge < -0.3 is 19.6 Å². The first-order valence-electron chi connectivity index (χ1n) is 9.41. The lowest BCUT2D eigenvalue weighted by molar-refractivity contribution is 0.188. The van der Waals surface area contributed by atoms with E-state index in [2.05, 4.69) is 4.98 Å². The zero-order valence-corrected chi connectivity index (χ0v) is 16.8. The fourth-order valence-corrected chi connectivity index (χ4v) is 4.69. The number of imidazole rings is 1. The number of benzene rings is 2. The lowest BCUT2D eigenvalue weighted by atomic mass is 10.0. The molecule has 2 atom stereocenters. The molecule has 146 valence electrons. The van der Waals surface area contributed by atoms with Crippen molar-refractivity contribution in [3.63, 3.8) is 0 Å². The summed E-state index contributed by atoms with van der Waals surface area (Å²) in [6, 6.07) is 15.9. The van der Waals surface area contributed by atoms with E-state index >= 15 is 0 Å².